The Hall–Kier alpha value is -1.47. The Morgan fingerprint density at radius 1 is 1.36 bits per heavy atom. The van der Waals surface area contributed by atoms with Crippen LogP contribution in [0, 0.1) is 11.8 Å². The largest absolute Gasteiger partial charge is 0.478 e. The minimum atomic E-state index is -0.443. The Balaban J connectivity index is 1.39. The maximum atomic E-state index is 12.2. The molecule has 1 aromatic heterocycles. The van der Waals surface area contributed by atoms with E-state index in [0.29, 0.717) is 24.3 Å². The second kappa shape index (κ2) is 8.49. The quantitative estimate of drug-likeness (QED) is 0.720. The summed E-state index contributed by atoms with van der Waals surface area (Å²) in [6.07, 6.45) is 7.55. The first kappa shape index (κ1) is 21.2. The Morgan fingerprint density at radius 3 is 2.64 bits per heavy atom. The highest BCUT2D eigenvalue weighted by Gasteiger charge is 2.54. The van der Waals surface area contributed by atoms with E-state index in [1.165, 1.54) is 0 Å². The maximum Gasteiger partial charge on any atom is 0.410 e. The molecule has 1 aliphatic heterocycles. The molecule has 0 radical (unpaired) electrons. The molecule has 7 heteroatoms. The van der Waals surface area contributed by atoms with Crippen LogP contribution in [0.1, 0.15) is 46.5 Å². The average molecular weight is 408 g/mol. The van der Waals surface area contributed by atoms with Crippen molar-refractivity contribution in [3.8, 4) is 5.88 Å². The van der Waals surface area contributed by atoms with Gasteiger partial charge in [-0.25, -0.2) is 9.78 Å². The molecule has 3 rings (SSSR count). The number of hydrogen-bond acceptors (Lipinski definition) is 6. The fraction of sp³-hybridized carbons (Fsp3) is 0.714. The molecule has 1 saturated carbocycles. The second-order valence-electron chi connectivity index (χ2n) is 8.98. The topological polar surface area (TPSA) is 77.7 Å². The maximum absolute atomic E-state index is 12.2. The smallest absolute Gasteiger partial charge is 0.410 e. The summed E-state index contributed by atoms with van der Waals surface area (Å²) in [5.74, 6) is 1.77. The van der Waals surface area contributed by atoms with Gasteiger partial charge in [-0.2, -0.15) is 0 Å². The number of hydrogen-bond donors (Lipinski definition) is 1. The van der Waals surface area contributed by atoms with Crippen LogP contribution in [-0.4, -0.2) is 53.1 Å². The van der Waals surface area contributed by atoms with E-state index in [2.05, 4.69) is 4.98 Å². The molecule has 156 valence electrons. The van der Waals surface area contributed by atoms with Crippen molar-refractivity contribution in [2.75, 3.05) is 26.0 Å². The van der Waals surface area contributed by atoms with Gasteiger partial charge in [0.05, 0.1) is 6.61 Å². The van der Waals surface area contributed by atoms with Crippen LogP contribution in [0.5, 0.6) is 5.88 Å². The molecule has 0 bridgehead atoms. The van der Waals surface area contributed by atoms with Crippen LogP contribution in [0.3, 0.4) is 0 Å². The van der Waals surface area contributed by atoms with Crippen LogP contribution in [-0.2, 0) is 4.74 Å². The molecule has 1 amide bonds. The highest BCUT2D eigenvalue weighted by atomic mass is 32.2. The van der Waals surface area contributed by atoms with Crippen LogP contribution >= 0.6 is 11.8 Å². The van der Waals surface area contributed by atoms with Crippen molar-refractivity contribution < 1.29 is 14.3 Å². The lowest BCUT2D eigenvalue weighted by Gasteiger charge is -2.34. The number of likely N-dealkylation sites (tertiary alicyclic amines) is 1. The molecule has 2 unspecified atom stereocenters. The number of carbonyl (C=O) groups is 1. The van der Waals surface area contributed by atoms with Crippen LogP contribution < -0.4 is 10.5 Å². The molecule has 6 nitrogen and oxygen atoms in total. The van der Waals surface area contributed by atoms with E-state index in [1.54, 1.807) is 11.8 Å². The van der Waals surface area contributed by atoms with Gasteiger partial charge in [-0.15, -0.1) is 11.8 Å². The summed E-state index contributed by atoms with van der Waals surface area (Å²) in [6, 6.07) is 3.93. The molecule has 2 heterocycles. The summed E-state index contributed by atoms with van der Waals surface area (Å²) in [5, 5.41) is 0. The van der Waals surface area contributed by atoms with Gasteiger partial charge in [-0.1, -0.05) is 0 Å². The van der Waals surface area contributed by atoms with Gasteiger partial charge >= 0.3 is 6.09 Å². The number of aromatic nitrogens is 1. The third-order valence-corrected chi connectivity index (χ3v) is 6.41. The predicted octanol–water partition coefficient (Wildman–Crippen LogP) is 3.94. The van der Waals surface area contributed by atoms with Gasteiger partial charge in [0.15, 0.2) is 0 Å². The monoisotopic (exact) mass is 407 g/mol. The van der Waals surface area contributed by atoms with Crippen molar-refractivity contribution in [1.82, 2.24) is 9.88 Å². The van der Waals surface area contributed by atoms with Gasteiger partial charge in [-0.05, 0) is 70.6 Å². The number of piperidine rings is 1. The molecule has 0 spiro atoms. The van der Waals surface area contributed by atoms with Crippen molar-refractivity contribution in [2.45, 2.75) is 62.5 Å². The van der Waals surface area contributed by atoms with E-state index in [1.807, 2.05) is 50.3 Å². The minimum absolute atomic E-state index is 0.127. The van der Waals surface area contributed by atoms with E-state index in [4.69, 9.17) is 15.2 Å². The van der Waals surface area contributed by atoms with E-state index in [0.717, 1.165) is 43.7 Å². The third kappa shape index (κ3) is 5.54. The molecular formula is C21H33N3O3S. The van der Waals surface area contributed by atoms with Gasteiger partial charge < -0.3 is 20.1 Å². The second-order valence-corrected chi connectivity index (χ2v) is 9.86. The van der Waals surface area contributed by atoms with Gasteiger partial charge in [0.1, 0.15) is 5.60 Å². The SMILES string of the molecule is CSc1ccc(OCCC2(N)CC2C2CCN(C(=O)OC(C)(C)C)CC2)nc1. The summed E-state index contributed by atoms with van der Waals surface area (Å²) in [5.41, 5.74) is 6.03. The Labute approximate surface area is 172 Å². The van der Waals surface area contributed by atoms with E-state index in [-0.39, 0.29) is 11.6 Å². The van der Waals surface area contributed by atoms with Crippen molar-refractivity contribution in [3.05, 3.63) is 18.3 Å². The number of thioether (sulfide) groups is 1. The summed E-state index contributed by atoms with van der Waals surface area (Å²) in [7, 11) is 0. The Morgan fingerprint density at radius 2 is 2.07 bits per heavy atom. The fourth-order valence-electron chi connectivity index (χ4n) is 4.00. The zero-order valence-corrected chi connectivity index (χ0v) is 18.3. The Kier molecular flexibility index (Phi) is 6.44. The molecule has 1 aromatic rings. The zero-order chi connectivity index (χ0) is 20.4. The van der Waals surface area contributed by atoms with Gasteiger partial charge in [0.2, 0.25) is 5.88 Å². The van der Waals surface area contributed by atoms with E-state index < -0.39 is 5.60 Å². The molecule has 0 aromatic carbocycles. The summed E-state index contributed by atoms with van der Waals surface area (Å²) in [4.78, 5) is 19.5. The summed E-state index contributed by atoms with van der Waals surface area (Å²) < 4.78 is 11.3. The number of nitrogens with two attached hydrogens (primary N) is 1. The number of carbonyl (C=O) groups excluding carboxylic acids is 1. The molecule has 2 fully saturated rings. The normalized spacial score (nSPS) is 25.5. The lowest BCUT2D eigenvalue weighted by atomic mass is 9.89. The molecule has 2 aliphatic rings. The zero-order valence-electron chi connectivity index (χ0n) is 17.4. The van der Waals surface area contributed by atoms with Crippen LogP contribution in [0.25, 0.3) is 0 Å². The minimum Gasteiger partial charge on any atom is -0.478 e. The highest BCUT2D eigenvalue weighted by Crippen LogP contribution is 2.51. The number of ether oxygens (including phenoxy) is 2. The first-order valence-corrected chi connectivity index (χ1v) is 11.3. The predicted molar refractivity (Wildman–Crippen MR) is 112 cm³/mol. The molecule has 2 N–H and O–H groups in total. The van der Waals surface area contributed by atoms with Crippen LogP contribution in [0.15, 0.2) is 23.2 Å². The van der Waals surface area contributed by atoms with Gasteiger partial charge in [-0.3, -0.25) is 0 Å². The van der Waals surface area contributed by atoms with Crippen LogP contribution in [0.4, 0.5) is 4.79 Å². The molecule has 1 saturated heterocycles. The molecule has 2 atom stereocenters. The standard InChI is InChI=1S/C21H33N3O3S/c1-20(2,3)27-19(25)24-10-7-15(8-11-24)17-13-21(17,22)9-12-26-18-6-5-16(28-4)14-23-18/h5-6,14-15,17H,7-13,22H2,1-4H3. The Bertz CT molecular complexity index is 668. The first-order chi connectivity index (χ1) is 13.2. The number of rotatable bonds is 6. The van der Waals surface area contributed by atoms with Gasteiger partial charge in [0.25, 0.3) is 0 Å². The van der Waals surface area contributed by atoms with Crippen molar-refractivity contribution in [3.63, 3.8) is 0 Å². The van der Waals surface area contributed by atoms with Crippen LogP contribution in [0.2, 0.25) is 0 Å². The first-order valence-electron chi connectivity index (χ1n) is 10.1. The molecule has 28 heavy (non-hydrogen) atoms. The number of amides is 1. The fourth-order valence-corrected chi connectivity index (χ4v) is 4.37. The van der Waals surface area contributed by atoms with E-state index in [9.17, 15) is 4.79 Å². The summed E-state index contributed by atoms with van der Waals surface area (Å²) in [6.45, 7) is 7.82. The lowest BCUT2D eigenvalue weighted by Crippen LogP contribution is -2.43. The van der Waals surface area contributed by atoms with Crippen molar-refractivity contribution >= 4 is 17.9 Å². The highest BCUT2D eigenvalue weighted by molar-refractivity contribution is 7.98. The number of nitrogens with zero attached hydrogens (tertiary/aromatic N) is 2. The van der Waals surface area contributed by atoms with Gasteiger partial charge in [0, 0.05) is 35.8 Å². The molecular weight excluding hydrogens is 374 g/mol. The molecule has 1 aliphatic carbocycles. The summed E-state index contributed by atoms with van der Waals surface area (Å²) >= 11 is 1.67. The van der Waals surface area contributed by atoms with Crippen molar-refractivity contribution in [1.29, 1.82) is 0 Å². The number of pyridine rings is 1. The third-order valence-electron chi connectivity index (χ3n) is 5.70. The lowest BCUT2D eigenvalue weighted by molar-refractivity contribution is 0.0173. The van der Waals surface area contributed by atoms with Crippen molar-refractivity contribution in [2.24, 2.45) is 17.6 Å². The average Bonchev–Trinajstić information content (AvgIpc) is 3.32. The van der Waals surface area contributed by atoms with E-state index >= 15 is 0 Å².